The zero-order valence-electron chi connectivity index (χ0n) is 11.1. The fraction of sp³-hybridized carbons (Fsp3) is 0.538. The summed E-state index contributed by atoms with van der Waals surface area (Å²) in [6, 6.07) is 3.53. The molecule has 2 aliphatic rings. The van der Waals surface area contributed by atoms with Gasteiger partial charge in [0.1, 0.15) is 0 Å². The van der Waals surface area contributed by atoms with Crippen LogP contribution in [0.4, 0.5) is 18.9 Å². The van der Waals surface area contributed by atoms with E-state index in [9.17, 15) is 21.6 Å². The van der Waals surface area contributed by atoms with Crippen LogP contribution in [0.2, 0.25) is 0 Å². The van der Waals surface area contributed by atoms with Crippen molar-refractivity contribution in [2.75, 3.05) is 11.4 Å². The summed E-state index contributed by atoms with van der Waals surface area (Å²) in [5, 5.41) is 4.88. The van der Waals surface area contributed by atoms with Gasteiger partial charge in [-0.25, -0.2) is 13.6 Å². The summed E-state index contributed by atoms with van der Waals surface area (Å²) in [6.45, 7) is 0.733. The fourth-order valence-electron chi connectivity index (χ4n) is 3.41. The predicted octanol–water partition coefficient (Wildman–Crippen LogP) is 2.34. The van der Waals surface area contributed by atoms with Crippen LogP contribution < -0.4 is 10.0 Å². The van der Waals surface area contributed by atoms with Gasteiger partial charge in [0, 0.05) is 18.3 Å². The van der Waals surface area contributed by atoms with Crippen molar-refractivity contribution in [2.24, 2.45) is 11.1 Å². The Hall–Kier alpha value is -1.28. The monoisotopic (exact) mass is 320 g/mol. The summed E-state index contributed by atoms with van der Waals surface area (Å²) in [6.07, 6.45) is -1.67. The van der Waals surface area contributed by atoms with Crippen LogP contribution in [0.5, 0.6) is 0 Å². The minimum atomic E-state index is -4.75. The molecular formula is C13H15F3N2O2S. The van der Waals surface area contributed by atoms with Crippen molar-refractivity contribution in [1.29, 1.82) is 0 Å². The normalized spacial score (nSPS) is 25.6. The van der Waals surface area contributed by atoms with Crippen LogP contribution in [-0.4, -0.2) is 21.0 Å². The van der Waals surface area contributed by atoms with Crippen molar-refractivity contribution in [2.45, 2.75) is 36.4 Å². The van der Waals surface area contributed by atoms with Gasteiger partial charge in [-0.2, -0.15) is 13.2 Å². The molecule has 8 heteroatoms. The van der Waals surface area contributed by atoms with E-state index in [2.05, 4.69) is 0 Å². The van der Waals surface area contributed by atoms with E-state index in [1.54, 1.807) is 0 Å². The summed E-state index contributed by atoms with van der Waals surface area (Å²) < 4.78 is 61.9. The predicted molar refractivity (Wildman–Crippen MR) is 71.3 cm³/mol. The number of sulfonamides is 1. The molecule has 2 atom stereocenters. The quantitative estimate of drug-likeness (QED) is 0.910. The minimum absolute atomic E-state index is 0.261. The van der Waals surface area contributed by atoms with Crippen LogP contribution in [0.25, 0.3) is 0 Å². The van der Waals surface area contributed by atoms with E-state index >= 15 is 0 Å². The first-order chi connectivity index (χ1) is 9.66. The Morgan fingerprint density at radius 2 is 1.95 bits per heavy atom. The van der Waals surface area contributed by atoms with Crippen molar-refractivity contribution in [3.8, 4) is 0 Å². The van der Waals surface area contributed by atoms with Gasteiger partial charge >= 0.3 is 6.18 Å². The molecule has 21 heavy (non-hydrogen) atoms. The number of benzene rings is 1. The van der Waals surface area contributed by atoms with E-state index in [1.807, 2.05) is 4.90 Å². The molecule has 2 N–H and O–H groups in total. The lowest BCUT2D eigenvalue weighted by Gasteiger charge is -2.30. The third kappa shape index (κ3) is 2.62. The molecular weight excluding hydrogens is 305 g/mol. The van der Waals surface area contributed by atoms with E-state index < -0.39 is 26.7 Å². The number of fused-ring (bicyclic) bond motifs is 2. The molecule has 1 saturated heterocycles. The molecule has 1 saturated carbocycles. The molecule has 4 nitrogen and oxygen atoms in total. The van der Waals surface area contributed by atoms with Crippen LogP contribution in [0, 0.1) is 5.92 Å². The smallest absolute Gasteiger partial charge is 0.368 e. The van der Waals surface area contributed by atoms with E-state index in [0.717, 1.165) is 37.9 Å². The van der Waals surface area contributed by atoms with Crippen molar-refractivity contribution < 1.29 is 21.6 Å². The van der Waals surface area contributed by atoms with Crippen molar-refractivity contribution in [3.05, 3.63) is 23.8 Å². The number of nitrogens with zero attached hydrogens (tertiary/aromatic N) is 1. The van der Waals surface area contributed by atoms with Gasteiger partial charge in [0.2, 0.25) is 10.0 Å². The van der Waals surface area contributed by atoms with Crippen LogP contribution in [0.15, 0.2) is 23.1 Å². The van der Waals surface area contributed by atoms with E-state index in [1.165, 1.54) is 6.07 Å². The summed E-state index contributed by atoms with van der Waals surface area (Å²) in [5.41, 5.74) is -0.771. The molecule has 1 aromatic rings. The molecule has 0 radical (unpaired) electrons. The number of hydrogen-bond donors (Lipinski definition) is 1. The number of halogens is 3. The highest BCUT2D eigenvalue weighted by Gasteiger charge is 2.40. The molecule has 116 valence electrons. The third-order valence-electron chi connectivity index (χ3n) is 4.32. The maximum Gasteiger partial charge on any atom is 0.417 e. The Labute approximate surface area is 120 Å². The largest absolute Gasteiger partial charge is 0.417 e. The van der Waals surface area contributed by atoms with Crippen LogP contribution in [-0.2, 0) is 16.2 Å². The first-order valence-corrected chi connectivity index (χ1v) is 8.21. The van der Waals surface area contributed by atoms with Gasteiger partial charge in [0.05, 0.1) is 10.5 Å². The second-order valence-corrected chi connectivity index (χ2v) is 7.24. The maximum absolute atomic E-state index is 13.1. The molecule has 0 aromatic heterocycles. The second kappa shape index (κ2) is 4.61. The fourth-order valence-corrected chi connectivity index (χ4v) is 4.15. The van der Waals surface area contributed by atoms with Gasteiger partial charge in [-0.3, -0.25) is 0 Å². The highest BCUT2D eigenvalue weighted by Crippen LogP contribution is 2.42. The Morgan fingerprint density at radius 3 is 2.43 bits per heavy atom. The highest BCUT2D eigenvalue weighted by atomic mass is 32.2. The Kier molecular flexibility index (Phi) is 3.21. The molecule has 2 unspecified atom stereocenters. The van der Waals surface area contributed by atoms with Gasteiger partial charge in [0.25, 0.3) is 0 Å². The molecule has 0 spiro atoms. The topological polar surface area (TPSA) is 63.4 Å². The molecule has 0 amide bonds. The molecule has 3 rings (SSSR count). The molecule has 2 fully saturated rings. The standard InChI is InChI=1S/C13H15F3N2O2S/c14-13(15,16)11-6-10(3-4-12(11)21(17,19)20)18-7-8-1-2-9(18)5-8/h3-4,6,8-9H,1-2,5,7H2,(H2,17,19,20). The van der Waals surface area contributed by atoms with E-state index in [4.69, 9.17) is 5.14 Å². The summed E-state index contributed by atoms with van der Waals surface area (Å²) >= 11 is 0. The number of alkyl halides is 3. The number of anilines is 1. The molecule has 1 heterocycles. The zero-order chi connectivity index (χ0) is 15.4. The summed E-state index contributed by atoms with van der Waals surface area (Å²) in [7, 11) is -4.41. The molecule has 1 aliphatic carbocycles. The van der Waals surface area contributed by atoms with E-state index in [0.29, 0.717) is 11.6 Å². The van der Waals surface area contributed by atoms with Crippen molar-refractivity contribution in [1.82, 2.24) is 0 Å². The maximum atomic E-state index is 13.1. The lowest BCUT2D eigenvalue weighted by Crippen LogP contribution is -2.32. The average Bonchev–Trinajstić information content (AvgIpc) is 2.98. The lowest BCUT2D eigenvalue weighted by atomic mass is 10.1. The summed E-state index contributed by atoms with van der Waals surface area (Å²) in [5.74, 6) is 0.530. The first-order valence-electron chi connectivity index (χ1n) is 6.67. The highest BCUT2D eigenvalue weighted by molar-refractivity contribution is 7.89. The number of piperidine rings is 1. The Morgan fingerprint density at radius 1 is 1.24 bits per heavy atom. The molecule has 2 bridgehead atoms. The van der Waals surface area contributed by atoms with Crippen LogP contribution in [0.1, 0.15) is 24.8 Å². The first kappa shape index (κ1) is 14.6. The van der Waals surface area contributed by atoms with Gasteiger partial charge < -0.3 is 4.90 Å². The van der Waals surface area contributed by atoms with Gasteiger partial charge in [0.15, 0.2) is 0 Å². The average molecular weight is 320 g/mol. The number of primary sulfonamides is 1. The summed E-state index contributed by atoms with van der Waals surface area (Å²) in [4.78, 5) is 1.07. The second-order valence-electron chi connectivity index (χ2n) is 5.71. The number of nitrogens with two attached hydrogens (primary N) is 1. The van der Waals surface area contributed by atoms with Crippen molar-refractivity contribution in [3.63, 3.8) is 0 Å². The van der Waals surface area contributed by atoms with Gasteiger partial charge in [-0.15, -0.1) is 0 Å². The number of rotatable bonds is 2. The Bertz CT molecular complexity index is 672. The molecule has 1 aromatic carbocycles. The van der Waals surface area contributed by atoms with Gasteiger partial charge in [-0.1, -0.05) is 0 Å². The molecule has 1 aliphatic heterocycles. The Balaban J connectivity index is 2.05. The third-order valence-corrected chi connectivity index (χ3v) is 5.28. The van der Waals surface area contributed by atoms with E-state index in [-0.39, 0.29) is 6.04 Å². The van der Waals surface area contributed by atoms with Gasteiger partial charge in [-0.05, 0) is 43.4 Å². The lowest BCUT2D eigenvalue weighted by molar-refractivity contribution is -0.139. The number of hydrogen-bond acceptors (Lipinski definition) is 3. The zero-order valence-corrected chi connectivity index (χ0v) is 11.9. The van der Waals surface area contributed by atoms with Crippen LogP contribution in [0.3, 0.4) is 0 Å². The van der Waals surface area contributed by atoms with Crippen molar-refractivity contribution >= 4 is 15.7 Å². The SMILES string of the molecule is NS(=O)(=O)c1ccc(N2CC3CCC2C3)cc1C(F)(F)F. The van der Waals surface area contributed by atoms with Crippen LogP contribution >= 0.6 is 0 Å². The minimum Gasteiger partial charge on any atom is -0.368 e.